The van der Waals surface area contributed by atoms with E-state index in [9.17, 15) is 0 Å². The molecule has 0 aromatic carbocycles. The SMILES string of the molecule is CCCC(CCC)C(NCC)c1c(OC)cnn1CC. The summed E-state index contributed by atoms with van der Waals surface area (Å²) in [6, 6.07) is 0.331. The summed E-state index contributed by atoms with van der Waals surface area (Å²) in [5.41, 5.74) is 1.21. The Morgan fingerprint density at radius 2 is 1.85 bits per heavy atom. The topological polar surface area (TPSA) is 39.1 Å². The van der Waals surface area contributed by atoms with Crippen molar-refractivity contribution < 1.29 is 4.74 Å². The van der Waals surface area contributed by atoms with Crippen molar-refractivity contribution in [2.75, 3.05) is 13.7 Å². The lowest BCUT2D eigenvalue weighted by Crippen LogP contribution is -2.31. The van der Waals surface area contributed by atoms with E-state index < -0.39 is 0 Å². The fraction of sp³-hybridized carbons (Fsp3) is 0.812. The average molecular weight is 281 g/mol. The zero-order valence-corrected chi connectivity index (χ0v) is 13.8. The van der Waals surface area contributed by atoms with Crippen molar-refractivity contribution in [3.63, 3.8) is 0 Å². The second-order valence-corrected chi connectivity index (χ2v) is 5.29. The minimum atomic E-state index is 0.331. The number of hydrogen-bond acceptors (Lipinski definition) is 3. The largest absolute Gasteiger partial charge is 0.493 e. The molecule has 1 aromatic heterocycles. The van der Waals surface area contributed by atoms with Crippen molar-refractivity contribution >= 4 is 0 Å². The van der Waals surface area contributed by atoms with E-state index in [0.717, 1.165) is 18.8 Å². The first-order valence-electron chi connectivity index (χ1n) is 8.06. The molecule has 116 valence electrons. The predicted octanol–water partition coefficient (Wildman–Crippen LogP) is 3.78. The van der Waals surface area contributed by atoms with Gasteiger partial charge >= 0.3 is 0 Å². The van der Waals surface area contributed by atoms with E-state index in [-0.39, 0.29) is 0 Å². The first kappa shape index (κ1) is 17.0. The van der Waals surface area contributed by atoms with E-state index in [1.54, 1.807) is 7.11 Å². The zero-order chi connectivity index (χ0) is 15.0. The Bertz CT molecular complexity index is 348. The Kier molecular flexibility index (Phi) is 7.67. The molecule has 0 aliphatic heterocycles. The molecule has 1 N–H and O–H groups in total. The van der Waals surface area contributed by atoms with Crippen molar-refractivity contribution in [2.24, 2.45) is 5.92 Å². The van der Waals surface area contributed by atoms with Crippen LogP contribution in [0.1, 0.15) is 65.1 Å². The van der Waals surface area contributed by atoms with Crippen LogP contribution >= 0.6 is 0 Å². The summed E-state index contributed by atoms with van der Waals surface area (Å²) < 4.78 is 7.61. The number of aromatic nitrogens is 2. The summed E-state index contributed by atoms with van der Waals surface area (Å²) in [7, 11) is 1.73. The van der Waals surface area contributed by atoms with Crippen LogP contribution in [0, 0.1) is 5.92 Å². The van der Waals surface area contributed by atoms with Crippen LogP contribution in [0.2, 0.25) is 0 Å². The van der Waals surface area contributed by atoms with Crippen LogP contribution in [0.15, 0.2) is 6.20 Å². The highest BCUT2D eigenvalue weighted by Gasteiger charge is 2.27. The summed E-state index contributed by atoms with van der Waals surface area (Å²) in [5.74, 6) is 1.55. The molecule has 0 fully saturated rings. The van der Waals surface area contributed by atoms with Crippen LogP contribution in [0.4, 0.5) is 0 Å². The van der Waals surface area contributed by atoms with E-state index >= 15 is 0 Å². The van der Waals surface area contributed by atoms with Crippen molar-refractivity contribution in [3.8, 4) is 5.75 Å². The van der Waals surface area contributed by atoms with Gasteiger partial charge in [-0.25, -0.2) is 0 Å². The third kappa shape index (κ3) is 3.98. The van der Waals surface area contributed by atoms with Gasteiger partial charge < -0.3 is 10.1 Å². The molecule has 0 aliphatic rings. The van der Waals surface area contributed by atoms with Crippen LogP contribution in [0.25, 0.3) is 0 Å². The van der Waals surface area contributed by atoms with Crippen molar-refractivity contribution in [3.05, 3.63) is 11.9 Å². The van der Waals surface area contributed by atoms with Crippen LogP contribution in [0.5, 0.6) is 5.75 Å². The number of aryl methyl sites for hydroxylation is 1. The summed E-state index contributed by atoms with van der Waals surface area (Å²) >= 11 is 0. The fourth-order valence-electron chi connectivity index (χ4n) is 3.03. The van der Waals surface area contributed by atoms with E-state index in [4.69, 9.17) is 4.74 Å². The van der Waals surface area contributed by atoms with Crippen molar-refractivity contribution in [1.82, 2.24) is 15.1 Å². The maximum atomic E-state index is 5.54. The monoisotopic (exact) mass is 281 g/mol. The van der Waals surface area contributed by atoms with Gasteiger partial charge in [-0.2, -0.15) is 5.10 Å². The van der Waals surface area contributed by atoms with Crippen molar-refractivity contribution in [1.29, 1.82) is 0 Å². The Morgan fingerprint density at radius 1 is 1.20 bits per heavy atom. The van der Waals surface area contributed by atoms with Crippen LogP contribution < -0.4 is 10.1 Å². The maximum Gasteiger partial charge on any atom is 0.161 e. The van der Waals surface area contributed by atoms with Gasteiger partial charge in [-0.3, -0.25) is 4.68 Å². The summed E-state index contributed by atoms with van der Waals surface area (Å²) in [5, 5.41) is 8.13. The minimum Gasteiger partial charge on any atom is -0.493 e. The molecule has 1 rings (SSSR count). The highest BCUT2D eigenvalue weighted by atomic mass is 16.5. The molecule has 1 heterocycles. The number of nitrogens with one attached hydrogen (secondary N) is 1. The average Bonchev–Trinajstić information content (AvgIpc) is 2.87. The molecular weight excluding hydrogens is 250 g/mol. The van der Waals surface area contributed by atoms with Gasteiger partial charge in [0.1, 0.15) is 0 Å². The Morgan fingerprint density at radius 3 is 2.30 bits per heavy atom. The third-order valence-corrected chi connectivity index (χ3v) is 3.87. The molecule has 0 bridgehead atoms. The van der Waals surface area contributed by atoms with Gasteiger partial charge in [0, 0.05) is 6.54 Å². The standard InChI is InChI=1S/C16H31N3O/c1-6-10-13(11-7-2)15(17-8-3)16-14(20-5)12-18-19(16)9-4/h12-13,15,17H,6-11H2,1-5H3. The molecule has 20 heavy (non-hydrogen) atoms. The first-order chi connectivity index (χ1) is 9.73. The van der Waals surface area contributed by atoms with E-state index in [1.165, 1.54) is 31.4 Å². The molecule has 0 aliphatic carbocycles. The lowest BCUT2D eigenvalue weighted by Gasteiger charge is -2.28. The van der Waals surface area contributed by atoms with Crippen LogP contribution in [0.3, 0.4) is 0 Å². The highest BCUT2D eigenvalue weighted by Crippen LogP contribution is 2.34. The van der Waals surface area contributed by atoms with Gasteiger partial charge in [0.2, 0.25) is 0 Å². The van der Waals surface area contributed by atoms with E-state index in [1.807, 2.05) is 6.20 Å². The molecule has 4 nitrogen and oxygen atoms in total. The minimum absolute atomic E-state index is 0.331. The van der Waals surface area contributed by atoms with Crippen LogP contribution in [-0.2, 0) is 6.54 Å². The van der Waals surface area contributed by atoms with Gasteiger partial charge in [0.05, 0.1) is 25.0 Å². The number of methoxy groups -OCH3 is 1. The lowest BCUT2D eigenvalue weighted by molar-refractivity contribution is 0.294. The highest BCUT2D eigenvalue weighted by molar-refractivity contribution is 5.29. The molecule has 0 saturated heterocycles. The molecular formula is C16H31N3O. The number of ether oxygens (including phenoxy) is 1. The molecule has 4 heteroatoms. The molecule has 0 amide bonds. The Balaban J connectivity index is 3.12. The van der Waals surface area contributed by atoms with Gasteiger partial charge in [0.15, 0.2) is 5.75 Å². The van der Waals surface area contributed by atoms with Gasteiger partial charge in [0.25, 0.3) is 0 Å². The van der Waals surface area contributed by atoms with Gasteiger partial charge in [-0.1, -0.05) is 33.6 Å². The second-order valence-electron chi connectivity index (χ2n) is 5.29. The first-order valence-corrected chi connectivity index (χ1v) is 8.06. The maximum absolute atomic E-state index is 5.54. The third-order valence-electron chi connectivity index (χ3n) is 3.87. The fourth-order valence-corrected chi connectivity index (χ4v) is 3.03. The summed E-state index contributed by atoms with van der Waals surface area (Å²) in [4.78, 5) is 0. The van der Waals surface area contributed by atoms with Crippen LogP contribution in [-0.4, -0.2) is 23.4 Å². The smallest absolute Gasteiger partial charge is 0.161 e. The molecule has 1 atom stereocenters. The molecule has 0 radical (unpaired) electrons. The van der Waals surface area contributed by atoms with Gasteiger partial charge in [-0.05, 0) is 32.2 Å². The second kappa shape index (κ2) is 9.01. The Labute approximate surface area is 123 Å². The summed E-state index contributed by atoms with van der Waals surface area (Å²) in [6.07, 6.45) is 6.76. The quantitative estimate of drug-likeness (QED) is 0.709. The van der Waals surface area contributed by atoms with E-state index in [2.05, 4.69) is 42.8 Å². The zero-order valence-electron chi connectivity index (χ0n) is 13.8. The lowest BCUT2D eigenvalue weighted by atomic mass is 9.88. The number of nitrogens with zero attached hydrogens (tertiary/aromatic N) is 2. The Hall–Kier alpha value is -1.03. The molecule has 1 unspecified atom stereocenters. The number of rotatable bonds is 10. The molecule has 0 spiro atoms. The van der Waals surface area contributed by atoms with E-state index in [0.29, 0.717) is 12.0 Å². The molecule has 1 aromatic rings. The molecule has 0 saturated carbocycles. The number of hydrogen-bond donors (Lipinski definition) is 1. The predicted molar refractivity (Wildman–Crippen MR) is 84.2 cm³/mol. The normalized spacial score (nSPS) is 12.9. The van der Waals surface area contributed by atoms with Crippen molar-refractivity contribution in [2.45, 2.75) is 66.0 Å². The van der Waals surface area contributed by atoms with Gasteiger partial charge in [-0.15, -0.1) is 0 Å². The summed E-state index contributed by atoms with van der Waals surface area (Å²) in [6.45, 7) is 10.7.